The van der Waals surface area contributed by atoms with E-state index in [1.165, 1.54) is 22.3 Å². The largest absolute Gasteiger partial charge is 0.494 e. The van der Waals surface area contributed by atoms with E-state index in [9.17, 15) is 9.59 Å². The minimum Gasteiger partial charge on any atom is -0.494 e. The number of ether oxygens (including phenoxy) is 2. The molecule has 6 rings (SSSR count). The Morgan fingerprint density at radius 2 is 2.03 bits per heavy atom. The van der Waals surface area contributed by atoms with Gasteiger partial charge in [-0.2, -0.15) is 0 Å². The maximum absolute atomic E-state index is 15.1. The second-order valence-corrected chi connectivity index (χ2v) is 10.5. The van der Waals surface area contributed by atoms with Gasteiger partial charge in [0.1, 0.15) is 23.7 Å². The highest BCUT2D eigenvalue weighted by Gasteiger charge is 2.54. The quantitative estimate of drug-likeness (QED) is 0.476. The minimum atomic E-state index is -0.920. The molecule has 35 heavy (non-hydrogen) atoms. The molecule has 0 spiro atoms. The second kappa shape index (κ2) is 8.45. The van der Waals surface area contributed by atoms with Gasteiger partial charge in [-0.25, -0.2) is 9.37 Å². The maximum Gasteiger partial charge on any atom is 0.296 e. The van der Waals surface area contributed by atoms with Gasteiger partial charge in [-0.15, -0.1) is 0 Å². The van der Waals surface area contributed by atoms with Gasteiger partial charge >= 0.3 is 0 Å². The molecule has 2 aliphatic heterocycles. The van der Waals surface area contributed by atoms with E-state index in [1.54, 1.807) is 18.2 Å². The van der Waals surface area contributed by atoms with E-state index < -0.39 is 17.8 Å². The molecule has 180 valence electrons. The summed E-state index contributed by atoms with van der Waals surface area (Å²) in [5, 5.41) is 0.397. The second-order valence-electron chi connectivity index (χ2n) is 9.45. The maximum atomic E-state index is 15.1. The zero-order valence-electron chi connectivity index (χ0n) is 19.5. The first kappa shape index (κ1) is 22.2. The lowest BCUT2D eigenvalue weighted by Gasteiger charge is -2.37. The lowest BCUT2D eigenvalue weighted by atomic mass is 9.74. The van der Waals surface area contributed by atoms with Crippen LogP contribution >= 0.6 is 11.3 Å². The molecule has 3 aromatic rings. The highest BCUT2D eigenvalue weighted by Crippen LogP contribution is 2.50. The van der Waals surface area contributed by atoms with Crippen molar-refractivity contribution in [1.29, 1.82) is 0 Å². The molecule has 1 fully saturated rings. The average molecular weight is 493 g/mol. The Morgan fingerprint density at radius 3 is 2.83 bits per heavy atom. The van der Waals surface area contributed by atoms with E-state index in [0.29, 0.717) is 35.3 Å². The Hall–Kier alpha value is -3.26. The molecule has 3 aliphatic rings. The number of ketones is 1. The van der Waals surface area contributed by atoms with Gasteiger partial charge in [-0.1, -0.05) is 36.5 Å². The van der Waals surface area contributed by atoms with Crippen molar-refractivity contribution in [2.75, 3.05) is 11.5 Å². The van der Waals surface area contributed by atoms with Crippen LogP contribution in [-0.4, -0.2) is 29.4 Å². The van der Waals surface area contributed by atoms with Crippen LogP contribution in [0.1, 0.15) is 44.7 Å². The number of amides is 1. The molecule has 0 radical (unpaired) electrons. The van der Waals surface area contributed by atoms with Gasteiger partial charge in [0.2, 0.25) is 0 Å². The van der Waals surface area contributed by atoms with Crippen LogP contribution in [0.15, 0.2) is 53.8 Å². The van der Waals surface area contributed by atoms with Crippen molar-refractivity contribution in [3.63, 3.8) is 0 Å². The van der Waals surface area contributed by atoms with Gasteiger partial charge in [0.15, 0.2) is 16.7 Å². The average Bonchev–Trinajstić information content (AvgIpc) is 3.38. The molecule has 4 unspecified atom stereocenters. The summed E-state index contributed by atoms with van der Waals surface area (Å²) in [4.78, 5) is 33.7. The summed E-state index contributed by atoms with van der Waals surface area (Å²) < 4.78 is 27.8. The number of rotatable bonds is 4. The summed E-state index contributed by atoms with van der Waals surface area (Å²) in [5.41, 5.74) is 1.22. The summed E-state index contributed by atoms with van der Waals surface area (Å²) in [5.74, 6) is -0.181. The number of fused-ring (bicyclic) bond motifs is 2. The van der Waals surface area contributed by atoms with Crippen LogP contribution in [0, 0.1) is 17.7 Å². The zero-order chi connectivity index (χ0) is 24.3. The molecule has 3 heterocycles. The number of Topliss-reactive ketones (excluding diaryl/α,β-unsaturated/α-hetero) is 1. The summed E-state index contributed by atoms with van der Waals surface area (Å²) in [6, 6.07) is 10.9. The molecule has 0 N–H and O–H groups in total. The van der Waals surface area contributed by atoms with Gasteiger partial charge in [0, 0.05) is 5.56 Å². The number of nitrogens with zero attached hydrogens (tertiary/aromatic N) is 2. The van der Waals surface area contributed by atoms with Gasteiger partial charge in [-0.05, 0) is 56.4 Å². The van der Waals surface area contributed by atoms with Crippen molar-refractivity contribution in [3.8, 4) is 5.75 Å². The Kier molecular flexibility index (Phi) is 5.36. The molecular formula is C27H25FN2O4S. The molecule has 8 heteroatoms. The van der Waals surface area contributed by atoms with Gasteiger partial charge in [0.05, 0.1) is 28.3 Å². The molecular weight excluding hydrogens is 467 g/mol. The normalized spacial score (nSPS) is 26.1. The van der Waals surface area contributed by atoms with Crippen LogP contribution in [0.2, 0.25) is 0 Å². The SMILES string of the molecule is CCOc1ccc2nc(N3C(=O)C4=C(C(=O)C5CC(C)CCC5O4)C3c3ccccc3F)sc2c1. The zero-order valence-corrected chi connectivity index (χ0v) is 20.3. The van der Waals surface area contributed by atoms with Crippen LogP contribution < -0.4 is 9.64 Å². The molecule has 1 saturated carbocycles. The minimum absolute atomic E-state index is 0.0494. The van der Waals surface area contributed by atoms with Crippen molar-refractivity contribution in [1.82, 2.24) is 4.98 Å². The van der Waals surface area contributed by atoms with Gasteiger partial charge in [0.25, 0.3) is 5.91 Å². The highest BCUT2D eigenvalue weighted by molar-refractivity contribution is 7.22. The molecule has 4 atom stereocenters. The highest BCUT2D eigenvalue weighted by atomic mass is 32.1. The molecule has 6 nitrogen and oxygen atoms in total. The molecule has 0 saturated heterocycles. The van der Waals surface area contributed by atoms with Crippen molar-refractivity contribution in [2.45, 2.75) is 45.3 Å². The molecule has 1 aromatic heterocycles. The Morgan fingerprint density at radius 1 is 1.20 bits per heavy atom. The topological polar surface area (TPSA) is 68.7 Å². The standard InChI is InChI=1S/C27H25FN2O4S/c1-3-33-15-9-10-19-21(13-15)35-27(29-19)30-23(16-6-4-5-7-18(16)28)22-24(31)17-12-14(2)8-11-20(17)34-25(22)26(30)32/h4-7,9-10,13-14,17,20,23H,3,8,11-12H2,1-2H3. The first-order chi connectivity index (χ1) is 17.0. The van der Waals surface area contributed by atoms with Crippen molar-refractivity contribution >= 4 is 38.4 Å². The summed E-state index contributed by atoms with van der Waals surface area (Å²) in [7, 11) is 0. The number of halogens is 1. The van der Waals surface area contributed by atoms with Crippen molar-refractivity contribution < 1.29 is 23.5 Å². The number of hydrogen-bond donors (Lipinski definition) is 0. The van der Waals surface area contributed by atoms with Crippen LogP contribution in [0.5, 0.6) is 5.75 Å². The number of carbonyl (C=O) groups excluding carboxylic acids is 2. The van der Waals surface area contributed by atoms with E-state index >= 15 is 4.39 Å². The third kappa shape index (κ3) is 3.54. The van der Waals surface area contributed by atoms with Gasteiger partial charge < -0.3 is 9.47 Å². The van der Waals surface area contributed by atoms with Gasteiger partial charge in [-0.3, -0.25) is 14.5 Å². The van der Waals surface area contributed by atoms with E-state index in [1.807, 2.05) is 25.1 Å². The predicted octanol–water partition coefficient (Wildman–Crippen LogP) is 5.58. The Bertz CT molecular complexity index is 1380. The van der Waals surface area contributed by atoms with E-state index in [0.717, 1.165) is 17.5 Å². The van der Waals surface area contributed by atoms with Crippen LogP contribution in [0.4, 0.5) is 9.52 Å². The van der Waals surface area contributed by atoms with E-state index in [4.69, 9.17) is 9.47 Å². The number of carbonyl (C=O) groups is 2. The first-order valence-electron chi connectivity index (χ1n) is 12.0. The Balaban J connectivity index is 1.49. The van der Waals surface area contributed by atoms with Crippen molar-refractivity contribution in [2.24, 2.45) is 11.8 Å². The van der Waals surface area contributed by atoms with Crippen LogP contribution in [0.25, 0.3) is 10.2 Å². The van der Waals surface area contributed by atoms with E-state index in [2.05, 4.69) is 11.9 Å². The smallest absolute Gasteiger partial charge is 0.296 e. The lowest BCUT2D eigenvalue weighted by Crippen LogP contribution is -2.41. The fourth-order valence-electron chi connectivity index (χ4n) is 5.52. The van der Waals surface area contributed by atoms with Crippen LogP contribution in [-0.2, 0) is 14.3 Å². The van der Waals surface area contributed by atoms with Crippen LogP contribution in [0.3, 0.4) is 0 Å². The first-order valence-corrected chi connectivity index (χ1v) is 12.8. The molecule has 0 bridgehead atoms. The number of anilines is 1. The third-order valence-electron chi connectivity index (χ3n) is 7.18. The van der Waals surface area contributed by atoms with Crippen molar-refractivity contribution in [3.05, 3.63) is 65.2 Å². The molecule has 1 amide bonds. The molecule has 1 aliphatic carbocycles. The summed E-state index contributed by atoms with van der Waals surface area (Å²) >= 11 is 1.31. The monoisotopic (exact) mass is 492 g/mol. The van der Waals surface area contributed by atoms with E-state index in [-0.39, 0.29) is 34.7 Å². The number of hydrogen-bond acceptors (Lipinski definition) is 6. The number of aromatic nitrogens is 1. The molecule has 2 aromatic carbocycles. The summed E-state index contributed by atoms with van der Waals surface area (Å²) in [6.45, 7) is 4.58. The number of benzene rings is 2. The fourth-order valence-corrected chi connectivity index (χ4v) is 6.54. The fraction of sp³-hybridized carbons (Fsp3) is 0.370. The third-order valence-corrected chi connectivity index (χ3v) is 8.19. The predicted molar refractivity (Wildman–Crippen MR) is 131 cm³/mol. The summed E-state index contributed by atoms with van der Waals surface area (Å²) in [6.07, 6.45) is 2.07. The lowest BCUT2D eigenvalue weighted by molar-refractivity contribution is -0.132. The number of thiazole rings is 1. The Labute approximate surface area is 206 Å².